The maximum atomic E-state index is 6.03. The van der Waals surface area contributed by atoms with Crippen molar-refractivity contribution in [3.63, 3.8) is 0 Å². The molecule has 0 saturated heterocycles. The molecular weight excluding hydrogens is 386 g/mol. The highest BCUT2D eigenvalue weighted by Crippen LogP contribution is 2.40. The molecule has 26 heavy (non-hydrogen) atoms. The van der Waals surface area contributed by atoms with Gasteiger partial charge in [0.05, 0.1) is 0 Å². The van der Waals surface area contributed by atoms with Crippen LogP contribution in [0.15, 0.2) is 78.9 Å². The van der Waals surface area contributed by atoms with Crippen LogP contribution in [-0.4, -0.2) is 11.9 Å². The molecule has 2 nitrogen and oxygen atoms in total. The normalized spacial score (nSPS) is 15.7. The van der Waals surface area contributed by atoms with E-state index in [2.05, 4.69) is 81.5 Å². The third-order valence-electron chi connectivity index (χ3n) is 4.87. The van der Waals surface area contributed by atoms with Crippen molar-refractivity contribution in [1.82, 2.24) is 0 Å². The number of benzene rings is 3. The molecular formula is C23H22BrNO. The molecule has 0 fully saturated rings. The van der Waals surface area contributed by atoms with Crippen LogP contribution in [0.4, 0.5) is 5.69 Å². The van der Waals surface area contributed by atoms with Crippen molar-refractivity contribution < 1.29 is 4.74 Å². The minimum absolute atomic E-state index is 0.494. The van der Waals surface area contributed by atoms with Crippen LogP contribution in [0.2, 0.25) is 0 Å². The second-order valence-electron chi connectivity index (χ2n) is 6.71. The van der Waals surface area contributed by atoms with Crippen molar-refractivity contribution >= 4 is 21.6 Å². The van der Waals surface area contributed by atoms with Crippen molar-refractivity contribution in [3.8, 4) is 5.75 Å². The van der Waals surface area contributed by atoms with Gasteiger partial charge in [0.25, 0.3) is 0 Å². The van der Waals surface area contributed by atoms with Gasteiger partial charge >= 0.3 is 0 Å². The Morgan fingerprint density at radius 2 is 1.58 bits per heavy atom. The second-order valence-corrected chi connectivity index (χ2v) is 7.36. The van der Waals surface area contributed by atoms with Gasteiger partial charge in [-0.3, -0.25) is 0 Å². The average Bonchev–Trinajstić information content (AvgIpc) is 3.05. The van der Waals surface area contributed by atoms with Crippen molar-refractivity contribution in [1.29, 1.82) is 0 Å². The zero-order chi connectivity index (χ0) is 17.8. The van der Waals surface area contributed by atoms with Gasteiger partial charge in [0, 0.05) is 30.0 Å². The fraction of sp³-hybridized carbons (Fsp3) is 0.217. The van der Waals surface area contributed by atoms with E-state index in [1.54, 1.807) is 0 Å². The molecule has 3 aromatic carbocycles. The van der Waals surface area contributed by atoms with Crippen molar-refractivity contribution in [2.45, 2.75) is 19.1 Å². The third-order valence-corrected chi connectivity index (χ3v) is 5.65. The maximum Gasteiger partial charge on any atom is 0.120 e. The highest BCUT2D eigenvalue weighted by Gasteiger charge is 2.28. The number of rotatable bonds is 6. The predicted octanol–water partition coefficient (Wildman–Crippen LogP) is 5.76. The Morgan fingerprint density at radius 1 is 0.885 bits per heavy atom. The smallest absolute Gasteiger partial charge is 0.120 e. The molecule has 1 heterocycles. The van der Waals surface area contributed by atoms with Gasteiger partial charge in [-0.05, 0) is 34.9 Å². The molecule has 0 unspecified atom stereocenters. The number of halogens is 1. The monoisotopic (exact) mass is 407 g/mol. The van der Waals surface area contributed by atoms with E-state index in [0.29, 0.717) is 12.5 Å². The second kappa shape index (κ2) is 7.96. The zero-order valence-corrected chi connectivity index (χ0v) is 16.2. The Hall–Kier alpha value is -2.26. The fourth-order valence-corrected chi connectivity index (χ4v) is 4.08. The molecule has 0 aromatic heterocycles. The van der Waals surface area contributed by atoms with Crippen LogP contribution in [0.25, 0.3) is 0 Å². The summed E-state index contributed by atoms with van der Waals surface area (Å²) in [6.07, 6.45) is 0. The topological polar surface area (TPSA) is 12.5 Å². The Labute approximate surface area is 163 Å². The van der Waals surface area contributed by atoms with E-state index < -0.39 is 0 Å². The van der Waals surface area contributed by atoms with Crippen LogP contribution in [0.5, 0.6) is 5.75 Å². The van der Waals surface area contributed by atoms with Crippen LogP contribution in [0.3, 0.4) is 0 Å². The Kier molecular flexibility index (Phi) is 5.26. The third kappa shape index (κ3) is 3.78. The van der Waals surface area contributed by atoms with Crippen LogP contribution in [0.1, 0.15) is 22.6 Å². The molecule has 0 aliphatic carbocycles. The molecule has 0 amide bonds. The first-order valence-corrected chi connectivity index (χ1v) is 10.1. The molecule has 3 heteroatoms. The molecule has 1 aliphatic rings. The lowest BCUT2D eigenvalue weighted by molar-refractivity contribution is 0.306. The van der Waals surface area contributed by atoms with E-state index in [9.17, 15) is 0 Å². The van der Waals surface area contributed by atoms with Gasteiger partial charge in [-0.1, -0.05) is 76.6 Å². The van der Waals surface area contributed by atoms with E-state index in [4.69, 9.17) is 4.74 Å². The van der Waals surface area contributed by atoms with Gasteiger partial charge in [0.15, 0.2) is 0 Å². The minimum Gasteiger partial charge on any atom is -0.489 e. The number of hydrogen-bond acceptors (Lipinski definition) is 2. The molecule has 3 aromatic rings. The van der Waals surface area contributed by atoms with Crippen molar-refractivity contribution in [3.05, 3.63) is 95.6 Å². The van der Waals surface area contributed by atoms with Crippen LogP contribution in [0, 0.1) is 0 Å². The number of hydrogen-bond donors (Lipinski definition) is 0. The molecule has 0 saturated carbocycles. The standard InChI is InChI=1S/C23H22BrNO/c24-14-20-16-25(15-18-7-3-1-4-8-18)23-12-11-21(13-22(20)23)26-17-19-9-5-2-6-10-19/h1-13,20H,14-17H2/t20-/m0/s1. The summed E-state index contributed by atoms with van der Waals surface area (Å²) in [4.78, 5) is 2.47. The summed E-state index contributed by atoms with van der Waals surface area (Å²) in [5.74, 6) is 1.44. The lowest BCUT2D eigenvalue weighted by atomic mass is 10.0. The van der Waals surface area contributed by atoms with Crippen LogP contribution >= 0.6 is 15.9 Å². The SMILES string of the molecule is BrC[C@H]1CN(Cc2ccccc2)c2ccc(OCc3ccccc3)cc21. The summed E-state index contributed by atoms with van der Waals surface area (Å²) in [5, 5.41) is 0.966. The number of alkyl halides is 1. The molecule has 0 bridgehead atoms. The van der Waals surface area contributed by atoms with Gasteiger partial charge < -0.3 is 9.64 Å². The zero-order valence-electron chi connectivity index (χ0n) is 14.6. The maximum absolute atomic E-state index is 6.03. The summed E-state index contributed by atoms with van der Waals surface area (Å²) in [6, 6.07) is 27.5. The highest BCUT2D eigenvalue weighted by molar-refractivity contribution is 9.09. The molecule has 1 aliphatic heterocycles. The van der Waals surface area contributed by atoms with E-state index in [0.717, 1.165) is 24.2 Å². The summed E-state index contributed by atoms with van der Waals surface area (Å²) in [7, 11) is 0. The van der Waals surface area contributed by atoms with Gasteiger partial charge in [-0.2, -0.15) is 0 Å². The number of fused-ring (bicyclic) bond motifs is 1. The summed E-state index contributed by atoms with van der Waals surface area (Å²) >= 11 is 3.69. The van der Waals surface area contributed by atoms with E-state index in [-0.39, 0.29) is 0 Å². The van der Waals surface area contributed by atoms with E-state index in [1.165, 1.54) is 22.4 Å². The lowest BCUT2D eigenvalue weighted by Crippen LogP contribution is -2.21. The van der Waals surface area contributed by atoms with Crippen LogP contribution in [-0.2, 0) is 13.2 Å². The van der Waals surface area contributed by atoms with Crippen molar-refractivity contribution in [2.24, 2.45) is 0 Å². The number of ether oxygens (including phenoxy) is 1. The molecule has 1 atom stereocenters. The van der Waals surface area contributed by atoms with Gasteiger partial charge in [0.1, 0.15) is 12.4 Å². The highest BCUT2D eigenvalue weighted by atomic mass is 79.9. The average molecular weight is 408 g/mol. The Balaban J connectivity index is 1.52. The van der Waals surface area contributed by atoms with Crippen LogP contribution < -0.4 is 9.64 Å². The minimum atomic E-state index is 0.494. The first kappa shape index (κ1) is 17.2. The summed E-state index contributed by atoms with van der Waals surface area (Å²) < 4.78 is 6.03. The predicted molar refractivity (Wildman–Crippen MR) is 111 cm³/mol. The summed E-state index contributed by atoms with van der Waals surface area (Å²) in [5.41, 5.74) is 5.24. The largest absolute Gasteiger partial charge is 0.489 e. The van der Waals surface area contributed by atoms with Gasteiger partial charge in [-0.15, -0.1) is 0 Å². The van der Waals surface area contributed by atoms with Gasteiger partial charge in [-0.25, -0.2) is 0 Å². The van der Waals surface area contributed by atoms with E-state index >= 15 is 0 Å². The van der Waals surface area contributed by atoms with Gasteiger partial charge in [0.2, 0.25) is 0 Å². The molecule has 0 radical (unpaired) electrons. The molecule has 0 N–H and O–H groups in total. The molecule has 4 rings (SSSR count). The number of anilines is 1. The summed E-state index contributed by atoms with van der Waals surface area (Å²) in [6.45, 7) is 2.59. The Morgan fingerprint density at radius 3 is 2.27 bits per heavy atom. The first-order chi connectivity index (χ1) is 12.8. The molecule has 0 spiro atoms. The lowest BCUT2D eigenvalue weighted by Gasteiger charge is -2.20. The van der Waals surface area contributed by atoms with Crippen molar-refractivity contribution in [2.75, 3.05) is 16.8 Å². The molecule has 132 valence electrons. The first-order valence-electron chi connectivity index (χ1n) is 8.99. The quantitative estimate of drug-likeness (QED) is 0.481. The van der Waals surface area contributed by atoms with E-state index in [1.807, 2.05) is 18.2 Å². The Bertz CT molecular complexity index is 851. The fourth-order valence-electron chi connectivity index (χ4n) is 3.53. The number of nitrogens with zero attached hydrogens (tertiary/aromatic N) is 1.